The van der Waals surface area contributed by atoms with Gasteiger partial charge in [-0.25, -0.2) is 15.0 Å². The van der Waals surface area contributed by atoms with E-state index in [2.05, 4.69) is 140 Å². The molecule has 0 spiro atoms. The maximum absolute atomic E-state index is 5.16. The molecule has 252 valence electrons. The first-order valence-electron chi connectivity index (χ1n) is 17.8. The van der Waals surface area contributed by atoms with Crippen molar-refractivity contribution in [1.29, 1.82) is 0 Å². The van der Waals surface area contributed by atoms with Gasteiger partial charge in [0, 0.05) is 22.4 Å². The molecular formula is C50H37N3. The zero-order valence-electron chi connectivity index (χ0n) is 29.5. The van der Waals surface area contributed by atoms with E-state index in [4.69, 9.17) is 15.0 Å². The molecule has 0 bridgehead atoms. The van der Waals surface area contributed by atoms with Crippen molar-refractivity contribution in [3.05, 3.63) is 217 Å². The number of amidine groups is 1. The van der Waals surface area contributed by atoms with E-state index < -0.39 is 0 Å². The van der Waals surface area contributed by atoms with Gasteiger partial charge in [0.05, 0.1) is 17.1 Å². The lowest BCUT2D eigenvalue weighted by molar-refractivity contribution is 1.32. The Morgan fingerprint density at radius 2 is 0.943 bits per heavy atom. The molecule has 1 aromatic heterocycles. The fraction of sp³-hybridized carbons (Fsp3) is 0.0200. The van der Waals surface area contributed by atoms with Gasteiger partial charge < -0.3 is 0 Å². The van der Waals surface area contributed by atoms with Crippen LogP contribution in [0.2, 0.25) is 0 Å². The predicted octanol–water partition coefficient (Wildman–Crippen LogP) is 12.8. The molecule has 1 heterocycles. The molecular weight excluding hydrogens is 643 g/mol. The van der Waals surface area contributed by atoms with Crippen molar-refractivity contribution < 1.29 is 0 Å². The number of benzene rings is 7. The SMILES string of the molecule is C=C(N=C(N=C(C)c1ccccc1)c1cc(-c2ccc(-c3cc(-c4ccccc4)cc(-c4ccccc4)n3)cc2)c2ccccc2c1)c1ccccc1. The summed E-state index contributed by atoms with van der Waals surface area (Å²) in [5.41, 5.74) is 12.9. The smallest absolute Gasteiger partial charge is 0.160 e. The Hall–Kier alpha value is -6.97. The Labute approximate surface area is 311 Å². The minimum atomic E-state index is 0.610. The van der Waals surface area contributed by atoms with Crippen LogP contribution in [0.3, 0.4) is 0 Å². The molecule has 0 atom stereocenters. The maximum atomic E-state index is 5.16. The highest BCUT2D eigenvalue weighted by molar-refractivity contribution is 6.15. The normalized spacial score (nSPS) is 11.8. The molecule has 0 unspecified atom stereocenters. The largest absolute Gasteiger partial charge is 0.248 e. The van der Waals surface area contributed by atoms with Crippen LogP contribution >= 0.6 is 0 Å². The standard InChI is InChI=1S/C50H37N3/c1-35(37-17-7-3-8-18-37)51-50(52-36(2)38-19-9-4-10-20-38)45-31-43-25-15-16-26-46(43)47(32-45)40-27-29-42(30-28-40)49-34-44(39-21-11-5-12-22-39)33-48(53-49)41-23-13-6-14-24-41/h3-34H,1H2,2H3. The van der Waals surface area contributed by atoms with E-state index in [1.54, 1.807) is 0 Å². The van der Waals surface area contributed by atoms with E-state index in [1.807, 2.05) is 67.6 Å². The molecule has 0 aliphatic rings. The molecule has 0 N–H and O–H groups in total. The number of aliphatic imine (C=N–C) groups is 2. The van der Waals surface area contributed by atoms with E-state index in [9.17, 15) is 0 Å². The Balaban J connectivity index is 1.23. The Morgan fingerprint density at radius 1 is 0.434 bits per heavy atom. The highest BCUT2D eigenvalue weighted by Crippen LogP contribution is 2.34. The summed E-state index contributed by atoms with van der Waals surface area (Å²) >= 11 is 0. The number of pyridine rings is 1. The van der Waals surface area contributed by atoms with Gasteiger partial charge in [-0.2, -0.15) is 0 Å². The second-order valence-corrected chi connectivity index (χ2v) is 13.0. The number of aromatic nitrogens is 1. The number of hydrogen-bond acceptors (Lipinski definition) is 2. The van der Waals surface area contributed by atoms with Crippen LogP contribution in [0, 0.1) is 0 Å². The minimum absolute atomic E-state index is 0.610. The third-order valence-electron chi connectivity index (χ3n) is 9.43. The van der Waals surface area contributed by atoms with E-state index in [0.29, 0.717) is 11.5 Å². The summed E-state index contributed by atoms with van der Waals surface area (Å²) in [7, 11) is 0. The number of fused-ring (bicyclic) bond motifs is 1. The van der Waals surface area contributed by atoms with Crippen LogP contribution in [-0.2, 0) is 0 Å². The third-order valence-corrected chi connectivity index (χ3v) is 9.43. The van der Waals surface area contributed by atoms with E-state index in [-0.39, 0.29) is 0 Å². The van der Waals surface area contributed by atoms with Crippen LogP contribution in [0.1, 0.15) is 23.6 Å². The predicted molar refractivity (Wildman–Crippen MR) is 224 cm³/mol. The van der Waals surface area contributed by atoms with E-state index in [0.717, 1.165) is 77.9 Å². The molecule has 8 aromatic rings. The molecule has 53 heavy (non-hydrogen) atoms. The van der Waals surface area contributed by atoms with Crippen molar-refractivity contribution in [3.8, 4) is 44.8 Å². The van der Waals surface area contributed by atoms with Crippen LogP contribution < -0.4 is 0 Å². The highest BCUT2D eigenvalue weighted by atomic mass is 14.9. The average Bonchev–Trinajstić information content (AvgIpc) is 3.24. The van der Waals surface area contributed by atoms with Gasteiger partial charge in [-0.15, -0.1) is 0 Å². The summed E-state index contributed by atoms with van der Waals surface area (Å²) in [6.07, 6.45) is 0. The summed E-state index contributed by atoms with van der Waals surface area (Å²) in [4.78, 5) is 15.4. The number of rotatable bonds is 8. The van der Waals surface area contributed by atoms with Crippen LogP contribution in [0.4, 0.5) is 0 Å². The lowest BCUT2D eigenvalue weighted by Gasteiger charge is -2.14. The van der Waals surface area contributed by atoms with Crippen LogP contribution in [-0.4, -0.2) is 16.5 Å². The first kappa shape index (κ1) is 33.2. The van der Waals surface area contributed by atoms with Crippen molar-refractivity contribution in [3.63, 3.8) is 0 Å². The van der Waals surface area contributed by atoms with Gasteiger partial charge in [0.25, 0.3) is 0 Å². The van der Waals surface area contributed by atoms with Crippen molar-refractivity contribution >= 4 is 28.0 Å². The second-order valence-electron chi connectivity index (χ2n) is 13.0. The monoisotopic (exact) mass is 679 g/mol. The number of nitrogens with zero attached hydrogens (tertiary/aromatic N) is 3. The summed E-state index contributed by atoms with van der Waals surface area (Å²) in [5, 5.41) is 2.27. The van der Waals surface area contributed by atoms with Crippen molar-refractivity contribution in [2.24, 2.45) is 9.98 Å². The van der Waals surface area contributed by atoms with Crippen molar-refractivity contribution in [2.45, 2.75) is 6.92 Å². The third kappa shape index (κ3) is 7.42. The molecule has 0 radical (unpaired) electrons. The topological polar surface area (TPSA) is 37.6 Å². The summed E-state index contributed by atoms with van der Waals surface area (Å²) < 4.78 is 0. The molecule has 8 rings (SSSR count). The molecule has 0 amide bonds. The van der Waals surface area contributed by atoms with Crippen molar-refractivity contribution in [2.75, 3.05) is 0 Å². The van der Waals surface area contributed by atoms with E-state index in [1.165, 1.54) is 0 Å². The van der Waals surface area contributed by atoms with Gasteiger partial charge in [-0.1, -0.05) is 176 Å². The van der Waals surface area contributed by atoms with Gasteiger partial charge in [0.15, 0.2) is 5.84 Å². The van der Waals surface area contributed by atoms with Gasteiger partial charge in [0.2, 0.25) is 0 Å². The first-order valence-corrected chi connectivity index (χ1v) is 17.8. The Kier molecular flexibility index (Phi) is 9.46. The van der Waals surface area contributed by atoms with Crippen LogP contribution in [0.5, 0.6) is 0 Å². The molecule has 0 fully saturated rings. The molecule has 0 saturated heterocycles. The molecule has 0 aliphatic carbocycles. The second kappa shape index (κ2) is 15.1. The highest BCUT2D eigenvalue weighted by Gasteiger charge is 2.14. The number of hydrogen-bond donors (Lipinski definition) is 0. The molecule has 3 nitrogen and oxygen atoms in total. The van der Waals surface area contributed by atoms with Crippen LogP contribution in [0.15, 0.2) is 211 Å². The van der Waals surface area contributed by atoms with Crippen molar-refractivity contribution in [1.82, 2.24) is 4.98 Å². The fourth-order valence-corrected chi connectivity index (χ4v) is 6.61. The first-order chi connectivity index (χ1) is 26.1. The lowest BCUT2D eigenvalue weighted by atomic mass is 9.94. The maximum Gasteiger partial charge on any atom is 0.160 e. The minimum Gasteiger partial charge on any atom is -0.248 e. The van der Waals surface area contributed by atoms with Gasteiger partial charge in [-0.3, -0.25) is 0 Å². The Bertz CT molecular complexity index is 2530. The molecule has 0 saturated carbocycles. The van der Waals surface area contributed by atoms with Crippen LogP contribution in [0.25, 0.3) is 61.2 Å². The van der Waals surface area contributed by atoms with E-state index >= 15 is 0 Å². The quantitative estimate of drug-likeness (QED) is 0.116. The van der Waals surface area contributed by atoms with Gasteiger partial charge >= 0.3 is 0 Å². The Morgan fingerprint density at radius 3 is 1.58 bits per heavy atom. The summed E-state index contributed by atoms with van der Waals surface area (Å²) in [5.74, 6) is 0.610. The summed E-state index contributed by atoms with van der Waals surface area (Å²) in [6.45, 7) is 6.37. The molecule has 7 aromatic carbocycles. The van der Waals surface area contributed by atoms with Gasteiger partial charge in [-0.05, 0) is 75.3 Å². The zero-order chi connectivity index (χ0) is 36.0. The molecule has 3 heteroatoms. The van der Waals surface area contributed by atoms with Gasteiger partial charge in [0.1, 0.15) is 0 Å². The fourth-order valence-electron chi connectivity index (χ4n) is 6.61. The average molecular weight is 680 g/mol. The molecule has 0 aliphatic heterocycles. The lowest BCUT2D eigenvalue weighted by Crippen LogP contribution is -2.05. The summed E-state index contributed by atoms with van der Waals surface area (Å²) in [6, 6.07) is 67.1. The zero-order valence-corrected chi connectivity index (χ0v) is 29.5.